The van der Waals surface area contributed by atoms with Crippen molar-refractivity contribution in [3.8, 4) is 0 Å². The molecule has 0 aromatic heterocycles. The van der Waals surface area contributed by atoms with E-state index in [1.54, 1.807) is 5.57 Å². The zero-order valence-corrected chi connectivity index (χ0v) is 14.6. The minimum Gasteiger partial charge on any atom is -0.318 e. The molecule has 23 heavy (non-hydrogen) atoms. The van der Waals surface area contributed by atoms with Crippen LogP contribution in [0.5, 0.6) is 0 Å². The van der Waals surface area contributed by atoms with Crippen LogP contribution >= 0.6 is 0 Å². The van der Waals surface area contributed by atoms with Crippen LogP contribution in [0.25, 0.3) is 5.57 Å². The fourth-order valence-electron chi connectivity index (χ4n) is 4.24. The molecule has 1 aliphatic heterocycles. The van der Waals surface area contributed by atoms with Crippen LogP contribution in [0.15, 0.2) is 66.2 Å². The number of likely N-dealkylation sites (tertiary alicyclic amines) is 1. The maximum Gasteiger partial charge on any atom is 0.109 e. The number of likely N-dealkylation sites (N-methyl/N-ethyl adjacent to an activating group) is 1. The van der Waals surface area contributed by atoms with E-state index in [4.69, 9.17) is 0 Å². The maximum atomic E-state index is 2.43. The molecule has 1 fully saturated rings. The molecule has 0 bridgehead atoms. The van der Waals surface area contributed by atoms with Crippen molar-refractivity contribution >= 4 is 5.57 Å². The third-order valence-corrected chi connectivity index (χ3v) is 5.86. The van der Waals surface area contributed by atoms with E-state index in [1.165, 1.54) is 47.2 Å². The Bertz CT molecular complexity index is 624. The fraction of sp³-hybridized carbons (Fsp3) is 0.364. The van der Waals surface area contributed by atoms with Gasteiger partial charge in [0.25, 0.3) is 0 Å². The Hall–Kier alpha value is -1.86. The SMILES string of the molecule is CC[N+]1(CC)CCC(=C(c2ccccc2)c2ccccc2)[C@H]1C. The van der Waals surface area contributed by atoms with Gasteiger partial charge in [-0.25, -0.2) is 0 Å². The molecule has 0 N–H and O–H groups in total. The Kier molecular flexibility index (Phi) is 4.68. The third-order valence-electron chi connectivity index (χ3n) is 5.86. The van der Waals surface area contributed by atoms with Crippen LogP contribution in [0, 0.1) is 0 Å². The summed E-state index contributed by atoms with van der Waals surface area (Å²) in [5.74, 6) is 0. The molecular weight excluding hydrogens is 278 g/mol. The highest BCUT2D eigenvalue weighted by Crippen LogP contribution is 2.38. The first-order valence-corrected chi connectivity index (χ1v) is 8.91. The second kappa shape index (κ2) is 6.72. The van der Waals surface area contributed by atoms with Crippen LogP contribution in [0.3, 0.4) is 0 Å². The lowest BCUT2D eigenvalue weighted by molar-refractivity contribution is -0.931. The molecule has 0 saturated carbocycles. The van der Waals surface area contributed by atoms with Gasteiger partial charge in [0.05, 0.1) is 19.6 Å². The summed E-state index contributed by atoms with van der Waals surface area (Å²) in [5.41, 5.74) is 5.80. The summed E-state index contributed by atoms with van der Waals surface area (Å²) < 4.78 is 1.22. The first-order valence-electron chi connectivity index (χ1n) is 8.91. The minimum absolute atomic E-state index is 0.598. The van der Waals surface area contributed by atoms with Gasteiger partial charge in [0.1, 0.15) is 6.04 Å². The molecule has 1 nitrogen and oxygen atoms in total. The zero-order valence-electron chi connectivity index (χ0n) is 14.6. The van der Waals surface area contributed by atoms with Gasteiger partial charge in [0.15, 0.2) is 0 Å². The molecule has 1 heteroatoms. The van der Waals surface area contributed by atoms with Crippen molar-refractivity contribution in [3.63, 3.8) is 0 Å². The van der Waals surface area contributed by atoms with Gasteiger partial charge in [-0.05, 0) is 37.5 Å². The average molecular weight is 306 g/mol. The van der Waals surface area contributed by atoms with Crippen molar-refractivity contribution in [1.82, 2.24) is 0 Å². The molecule has 1 heterocycles. The summed E-state index contributed by atoms with van der Waals surface area (Å²) in [6.45, 7) is 10.8. The van der Waals surface area contributed by atoms with E-state index in [9.17, 15) is 0 Å². The number of hydrogen-bond acceptors (Lipinski definition) is 0. The highest BCUT2D eigenvalue weighted by atomic mass is 15.4. The fourth-order valence-corrected chi connectivity index (χ4v) is 4.24. The third kappa shape index (κ3) is 2.86. The quantitative estimate of drug-likeness (QED) is 0.686. The van der Waals surface area contributed by atoms with Gasteiger partial charge < -0.3 is 4.48 Å². The summed E-state index contributed by atoms with van der Waals surface area (Å²) in [6.07, 6.45) is 1.21. The van der Waals surface area contributed by atoms with Gasteiger partial charge in [-0.3, -0.25) is 0 Å². The van der Waals surface area contributed by atoms with Crippen LogP contribution < -0.4 is 0 Å². The van der Waals surface area contributed by atoms with Crippen molar-refractivity contribution < 1.29 is 4.48 Å². The van der Waals surface area contributed by atoms with Crippen molar-refractivity contribution in [2.24, 2.45) is 0 Å². The van der Waals surface area contributed by atoms with Crippen LogP contribution in [-0.4, -0.2) is 30.2 Å². The minimum atomic E-state index is 0.598. The number of benzene rings is 2. The average Bonchev–Trinajstić information content (AvgIpc) is 2.94. The zero-order chi connectivity index (χ0) is 16.3. The molecule has 0 amide bonds. The number of rotatable bonds is 4. The Balaban J connectivity index is 2.17. The number of quaternary nitrogens is 1. The van der Waals surface area contributed by atoms with Gasteiger partial charge in [-0.15, -0.1) is 0 Å². The van der Waals surface area contributed by atoms with Crippen molar-refractivity contribution in [2.45, 2.75) is 33.2 Å². The Morgan fingerprint density at radius 2 is 1.35 bits per heavy atom. The highest BCUT2D eigenvalue weighted by molar-refractivity contribution is 5.82. The first-order chi connectivity index (χ1) is 11.2. The highest BCUT2D eigenvalue weighted by Gasteiger charge is 2.40. The number of nitrogens with zero attached hydrogens (tertiary/aromatic N) is 1. The van der Waals surface area contributed by atoms with Gasteiger partial charge in [0, 0.05) is 12.0 Å². The predicted molar refractivity (Wildman–Crippen MR) is 99.2 cm³/mol. The topological polar surface area (TPSA) is 0 Å². The first kappa shape index (κ1) is 16.0. The van der Waals surface area contributed by atoms with Crippen molar-refractivity contribution in [2.75, 3.05) is 19.6 Å². The molecule has 1 saturated heterocycles. The van der Waals surface area contributed by atoms with Gasteiger partial charge in [-0.2, -0.15) is 0 Å². The number of hydrogen-bond donors (Lipinski definition) is 0. The van der Waals surface area contributed by atoms with E-state index >= 15 is 0 Å². The molecule has 1 aliphatic rings. The lowest BCUT2D eigenvalue weighted by Gasteiger charge is -2.37. The Labute approximate surface area is 140 Å². The molecule has 1 atom stereocenters. The van der Waals surface area contributed by atoms with Gasteiger partial charge >= 0.3 is 0 Å². The second-order valence-electron chi connectivity index (χ2n) is 6.63. The van der Waals surface area contributed by atoms with Crippen LogP contribution in [0.2, 0.25) is 0 Å². The standard InChI is InChI=1S/C22H28N/c1-4-23(5-2)17-16-21(18(23)3)22(19-12-8-6-9-13-19)20-14-10-7-11-15-20/h6-15,18H,4-5,16-17H2,1-3H3/q+1/t18-/m1/s1. The molecule has 2 aromatic carbocycles. The Morgan fingerprint density at radius 3 is 1.74 bits per heavy atom. The largest absolute Gasteiger partial charge is 0.318 e. The van der Waals surface area contributed by atoms with E-state index in [0.29, 0.717) is 6.04 Å². The molecule has 3 rings (SSSR count). The summed E-state index contributed by atoms with van der Waals surface area (Å²) in [5, 5.41) is 0. The van der Waals surface area contributed by atoms with Crippen LogP contribution in [0.4, 0.5) is 0 Å². The molecule has 120 valence electrons. The normalized spacial score (nSPS) is 19.8. The predicted octanol–water partition coefficient (Wildman–Crippen LogP) is 5.14. The Morgan fingerprint density at radius 1 is 0.870 bits per heavy atom. The van der Waals surface area contributed by atoms with Crippen LogP contribution in [0.1, 0.15) is 38.3 Å². The molecular formula is C22H28N+. The summed E-state index contributed by atoms with van der Waals surface area (Å²) >= 11 is 0. The van der Waals surface area contributed by atoms with Crippen LogP contribution in [-0.2, 0) is 0 Å². The van der Waals surface area contributed by atoms with E-state index in [-0.39, 0.29) is 0 Å². The van der Waals surface area contributed by atoms with E-state index < -0.39 is 0 Å². The van der Waals surface area contributed by atoms with E-state index in [0.717, 1.165) is 0 Å². The van der Waals surface area contributed by atoms with Crippen molar-refractivity contribution in [3.05, 3.63) is 77.4 Å². The molecule has 2 aromatic rings. The molecule has 0 aliphatic carbocycles. The summed E-state index contributed by atoms with van der Waals surface area (Å²) in [4.78, 5) is 0. The summed E-state index contributed by atoms with van der Waals surface area (Å²) in [6, 6.07) is 22.4. The van der Waals surface area contributed by atoms with E-state index in [1.807, 2.05) is 0 Å². The monoisotopic (exact) mass is 306 g/mol. The molecule has 0 unspecified atom stereocenters. The lowest BCUT2D eigenvalue weighted by Crippen LogP contribution is -2.50. The molecule has 0 spiro atoms. The molecule has 0 radical (unpaired) electrons. The van der Waals surface area contributed by atoms with Gasteiger partial charge in [-0.1, -0.05) is 60.7 Å². The van der Waals surface area contributed by atoms with E-state index in [2.05, 4.69) is 81.4 Å². The smallest absolute Gasteiger partial charge is 0.109 e. The lowest BCUT2D eigenvalue weighted by atomic mass is 9.90. The maximum absolute atomic E-state index is 2.43. The second-order valence-corrected chi connectivity index (χ2v) is 6.63. The summed E-state index contributed by atoms with van der Waals surface area (Å²) in [7, 11) is 0. The van der Waals surface area contributed by atoms with Gasteiger partial charge in [0.2, 0.25) is 0 Å². The van der Waals surface area contributed by atoms with Crippen molar-refractivity contribution in [1.29, 1.82) is 0 Å².